The second-order valence-corrected chi connectivity index (χ2v) is 9.64. The molecule has 0 nitrogen and oxygen atoms in total. The molecule has 0 bridgehead atoms. The van der Waals surface area contributed by atoms with Crippen LogP contribution in [0.3, 0.4) is 0 Å². The molecular formula is C34H26. The van der Waals surface area contributed by atoms with Gasteiger partial charge in [-0.05, 0) is 110 Å². The number of hydrogen-bond donors (Lipinski definition) is 0. The van der Waals surface area contributed by atoms with Crippen LogP contribution in [-0.4, -0.2) is 0 Å². The predicted octanol–water partition coefficient (Wildman–Crippen LogP) is 9.52. The number of rotatable bonds is 2. The van der Waals surface area contributed by atoms with Gasteiger partial charge in [0.15, 0.2) is 0 Å². The highest BCUT2D eigenvalue weighted by Gasteiger charge is 2.27. The van der Waals surface area contributed by atoms with Crippen LogP contribution in [0.15, 0.2) is 97.1 Å². The molecule has 7 rings (SSSR count). The van der Waals surface area contributed by atoms with Crippen molar-refractivity contribution in [3.63, 3.8) is 0 Å². The first-order valence-corrected chi connectivity index (χ1v) is 12.3. The van der Waals surface area contributed by atoms with Crippen molar-refractivity contribution in [3.8, 4) is 22.3 Å². The lowest BCUT2D eigenvalue weighted by Crippen LogP contribution is -1.98. The minimum absolute atomic E-state index is 1.12. The van der Waals surface area contributed by atoms with E-state index in [4.69, 9.17) is 0 Å². The monoisotopic (exact) mass is 434 g/mol. The Morgan fingerprint density at radius 2 is 1.26 bits per heavy atom. The lowest BCUT2D eigenvalue weighted by Gasteiger charge is -2.22. The van der Waals surface area contributed by atoms with Gasteiger partial charge in [0.1, 0.15) is 0 Å². The number of fused-ring (bicyclic) bond motifs is 4. The summed E-state index contributed by atoms with van der Waals surface area (Å²) >= 11 is 0. The summed E-state index contributed by atoms with van der Waals surface area (Å²) < 4.78 is 0. The summed E-state index contributed by atoms with van der Waals surface area (Å²) in [5.74, 6) is 0. The maximum atomic E-state index is 2.52. The third-order valence-corrected chi connectivity index (χ3v) is 7.90. The van der Waals surface area contributed by atoms with E-state index >= 15 is 0 Å². The van der Waals surface area contributed by atoms with Crippen LogP contribution in [0.2, 0.25) is 0 Å². The lowest BCUT2D eigenvalue weighted by molar-refractivity contribution is 1.06. The van der Waals surface area contributed by atoms with Crippen molar-refractivity contribution in [1.82, 2.24) is 0 Å². The van der Waals surface area contributed by atoms with Crippen molar-refractivity contribution in [2.75, 3.05) is 0 Å². The average molecular weight is 435 g/mol. The zero-order valence-electron chi connectivity index (χ0n) is 19.7. The molecule has 0 radical (unpaired) electrons. The maximum absolute atomic E-state index is 2.52. The highest BCUT2D eigenvalue weighted by atomic mass is 14.3. The van der Waals surface area contributed by atoms with Gasteiger partial charge in [0.25, 0.3) is 0 Å². The van der Waals surface area contributed by atoms with Gasteiger partial charge < -0.3 is 0 Å². The molecule has 0 aromatic heterocycles. The molecule has 5 aromatic rings. The number of benzene rings is 5. The molecule has 0 saturated carbocycles. The van der Waals surface area contributed by atoms with Gasteiger partial charge in [-0.2, -0.15) is 0 Å². The summed E-state index contributed by atoms with van der Waals surface area (Å²) in [5.41, 5.74) is 13.9. The second-order valence-electron chi connectivity index (χ2n) is 9.64. The van der Waals surface area contributed by atoms with Gasteiger partial charge in [-0.15, -0.1) is 0 Å². The fourth-order valence-electron chi connectivity index (χ4n) is 6.32. The van der Waals surface area contributed by atoms with Crippen LogP contribution < -0.4 is 0 Å². The first-order chi connectivity index (χ1) is 16.7. The molecule has 0 atom stereocenters. The van der Waals surface area contributed by atoms with E-state index in [2.05, 4.69) is 111 Å². The second kappa shape index (κ2) is 7.30. The van der Waals surface area contributed by atoms with Crippen molar-refractivity contribution >= 4 is 32.7 Å². The van der Waals surface area contributed by atoms with Crippen molar-refractivity contribution in [2.45, 2.75) is 26.7 Å². The summed E-state index contributed by atoms with van der Waals surface area (Å²) in [4.78, 5) is 0. The number of allylic oxidation sites excluding steroid dienone is 4. The molecule has 0 amide bonds. The Balaban J connectivity index is 1.74. The van der Waals surface area contributed by atoms with E-state index in [1.54, 1.807) is 0 Å². The zero-order chi connectivity index (χ0) is 22.8. The molecule has 2 aliphatic carbocycles. The molecule has 0 N–H and O–H groups in total. The summed E-state index contributed by atoms with van der Waals surface area (Å²) in [6.07, 6.45) is 6.94. The van der Waals surface area contributed by atoms with Gasteiger partial charge in [-0.1, -0.05) is 91.0 Å². The summed E-state index contributed by atoms with van der Waals surface area (Å²) in [6, 6.07) is 31.3. The third-order valence-electron chi connectivity index (χ3n) is 7.90. The van der Waals surface area contributed by atoms with E-state index in [-0.39, 0.29) is 0 Å². The highest BCUT2D eigenvalue weighted by Crippen LogP contribution is 2.52. The van der Waals surface area contributed by atoms with Crippen molar-refractivity contribution in [3.05, 3.63) is 119 Å². The van der Waals surface area contributed by atoms with E-state index in [9.17, 15) is 0 Å². The van der Waals surface area contributed by atoms with Gasteiger partial charge in [-0.3, -0.25) is 0 Å². The smallest absolute Gasteiger partial charge is 0.00171 e. The summed E-state index contributed by atoms with van der Waals surface area (Å²) in [6.45, 7) is 4.61. The molecule has 0 fully saturated rings. The van der Waals surface area contributed by atoms with Gasteiger partial charge in [0.05, 0.1) is 0 Å². The Bertz CT molecular complexity index is 1680. The van der Waals surface area contributed by atoms with Gasteiger partial charge in [-0.25, -0.2) is 0 Å². The van der Waals surface area contributed by atoms with Gasteiger partial charge >= 0.3 is 0 Å². The Labute approximate surface area is 200 Å². The largest absolute Gasteiger partial charge is 0.0836 e. The van der Waals surface area contributed by atoms with Crippen LogP contribution in [0.1, 0.15) is 35.1 Å². The molecule has 0 heterocycles. The molecule has 162 valence electrons. The maximum Gasteiger partial charge on any atom is -0.00171 e. The molecule has 0 spiro atoms. The molecule has 2 aliphatic rings. The summed E-state index contributed by atoms with van der Waals surface area (Å²) in [5, 5.41) is 5.58. The van der Waals surface area contributed by atoms with Crippen LogP contribution in [0.5, 0.6) is 0 Å². The van der Waals surface area contributed by atoms with E-state index in [0.717, 1.165) is 12.8 Å². The topological polar surface area (TPSA) is 0 Å². The number of hydrogen-bond acceptors (Lipinski definition) is 0. The SMILES string of the molecule is Cc1c(C)c(-c2ccccc2)c2c(cc3c4c(cccc42)C2=C3CCC=C2)c1-c1ccccc1. The van der Waals surface area contributed by atoms with E-state index in [0.29, 0.717) is 0 Å². The van der Waals surface area contributed by atoms with Crippen molar-refractivity contribution in [1.29, 1.82) is 0 Å². The molecule has 34 heavy (non-hydrogen) atoms. The van der Waals surface area contributed by atoms with Crippen LogP contribution in [0.25, 0.3) is 54.9 Å². The molecule has 0 unspecified atom stereocenters. The molecule has 0 saturated heterocycles. The van der Waals surface area contributed by atoms with E-state index in [1.807, 2.05) is 0 Å². The molecular weight excluding hydrogens is 408 g/mol. The Morgan fingerprint density at radius 1 is 0.588 bits per heavy atom. The molecule has 0 aliphatic heterocycles. The van der Waals surface area contributed by atoms with Gasteiger partial charge in [0, 0.05) is 0 Å². The van der Waals surface area contributed by atoms with Crippen molar-refractivity contribution in [2.24, 2.45) is 0 Å². The Morgan fingerprint density at radius 3 is 2.00 bits per heavy atom. The van der Waals surface area contributed by atoms with Crippen LogP contribution in [0, 0.1) is 13.8 Å². The first kappa shape index (κ1) is 19.6. The first-order valence-electron chi connectivity index (χ1n) is 12.3. The standard InChI is InChI=1S/C34H26/c1-21-22(2)32(24-14-7-4-8-15-24)34-28-19-11-18-27-25-16-9-10-17-26(25)29(33(27)28)20-30(34)31(21)23-12-5-3-6-13-23/h3-9,11-16,18-20H,10,17H2,1-2H3. The van der Waals surface area contributed by atoms with E-state index in [1.165, 1.54) is 77.2 Å². The zero-order valence-corrected chi connectivity index (χ0v) is 19.7. The third kappa shape index (κ3) is 2.60. The normalized spacial score (nSPS) is 14.3. The molecule has 5 aromatic carbocycles. The lowest BCUT2D eigenvalue weighted by atomic mass is 9.81. The van der Waals surface area contributed by atoms with Crippen LogP contribution in [0.4, 0.5) is 0 Å². The Kier molecular flexibility index (Phi) is 4.20. The van der Waals surface area contributed by atoms with Crippen molar-refractivity contribution < 1.29 is 0 Å². The predicted molar refractivity (Wildman–Crippen MR) is 147 cm³/mol. The highest BCUT2D eigenvalue weighted by molar-refractivity contribution is 6.27. The fourth-order valence-corrected chi connectivity index (χ4v) is 6.32. The molecule has 0 heteroatoms. The summed E-state index contributed by atoms with van der Waals surface area (Å²) in [7, 11) is 0. The Hall–Kier alpha value is -3.90. The average Bonchev–Trinajstić information content (AvgIpc) is 3.21. The van der Waals surface area contributed by atoms with E-state index < -0.39 is 0 Å². The van der Waals surface area contributed by atoms with Crippen LogP contribution >= 0.6 is 0 Å². The minimum atomic E-state index is 1.12. The minimum Gasteiger partial charge on any atom is -0.0836 e. The van der Waals surface area contributed by atoms with Gasteiger partial charge in [0.2, 0.25) is 0 Å². The fraction of sp³-hybridized carbons (Fsp3) is 0.118. The van der Waals surface area contributed by atoms with Crippen LogP contribution in [-0.2, 0) is 0 Å². The quantitative estimate of drug-likeness (QED) is 0.243.